The van der Waals surface area contributed by atoms with E-state index in [9.17, 15) is 9.90 Å². The average Bonchev–Trinajstić information content (AvgIpc) is 2.84. The van der Waals surface area contributed by atoms with Crippen molar-refractivity contribution >= 4 is 22.9 Å². The highest BCUT2D eigenvalue weighted by Gasteiger charge is 2.23. The van der Waals surface area contributed by atoms with Gasteiger partial charge in [-0.3, -0.25) is 4.79 Å². The van der Waals surface area contributed by atoms with Gasteiger partial charge in [0, 0.05) is 16.5 Å². The first-order valence-electron chi connectivity index (χ1n) is 11.9. The molecule has 0 heterocycles. The fraction of sp³-hybridized carbons (Fsp3) is 0.200. The number of hydrazone groups is 1. The van der Waals surface area contributed by atoms with Crippen molar-refractivity contribution < 1.29 is 14.6 Å². The van der Waals surface area contributed by atoms with E-state index in [2.05, 4.69) is 41.7 Å². The molecule has 35 heavy (non-hydrogen) atoms. The van der Waals surface area contributed by atoms with Crippen LogP contribution >= 0.6 is 0 Å². The number of rotatable bonds is 7. The molecule has 2 N–H and O–H groups in total. The van der Waals surface area contributed by atoms with Gasteiger partial charge in [0.2, 0.25) is 0 Å². The third-order valence-corrected chi connectivity index (χ3v) is 6.64. The molecule has 5 heteroatoms. The molecule has 0 saturated heterocycles. The van der Waals surface area contributed by atoms with Crippen LogP contribution in [-0.2, 0) is 6.61 Å². The number of fused-ring (bicyclic) bond motifs is 1. The number of aryl methyl sites for hydroxylation is 1. The molecule has 1 amide bonds. The van der Waals surface area contributed by atoms with E-state index in [0.717, 1.165) is 52.5 Å². The Morgan fingerprint density at radius 3 is 2.54 bits per heavy atom. The molecule has 0 bridgehead atoms. The lowest BCUT2D eigenvalue weighted by Gasteiger charge is -2.26. The molecule has 0 aromatic heterocycles. The average molecular weight is 465 g/mol. The van der Waals surface area contributed by atoms with Gasteiger partial charge in [0.05, 0.1) is 6.21 Å². The van der Waals surface area contributed by atoms with E-state index in [0.29, 0.717) is 18.1 Å². The molecule has 176 valence electrons. The number of nitrogens with one attached hydrogen (secondary N) is 1. The molecule has 0 atom stereocenters. The van der Waals surface area contributed by atoms with Crippen LogP contribution in [0, 0.1) is 6.92 Å². The number of hydrogen-bond acceptors (Lipinski definition) is 4. The van der Waals surface area contributed by atoms with Crippen molar-refractivity contribution in [3.05, 3.63) is 107 Å². The standard InChI is InChI=1S/C30H28N2O3/c1-20-9-11-21(12-10-20)19-35-29-16-14-24(25-7-2-3-8-26(25)29)18-31-32-30(34)23-13-15-28(33)27(17-23)22-5-4-6-22/h2-3,7-18,22,33H,4-6,19H2,1H3,(H,32,34)/b31-18+. The Kier molecular flexibility index (Phi) is 6.49. The van der Waals surface area contributed by atoms with Crippen LogP contribution < -0.4 is 10.2 Å². The SMILES string of the molecule is Cc1ccc(COc2ccc(/C=N/NC(=O)c3ccc(O)c(C4CCC4)c3)c3ccccc23)cc1. The van der Waals surface area contributed by atoms with Crippen LogP contribution in [0.4, 0.5) is 0 Å². The Bertz CT molecular complexity index is 1390. The molecule has 1 fully saturated rings. The number of aromatic hydroxyl groups is 1. The van der Waals surface area contributed by atoms with Crippen LogP contribution in [0.3, 0.4) is 0 Å². The van der Waals surface area contributed by atoms with Gasteiger partial charge < -0.3 is 9.84 Å². The molecule has 1 aliphatic carbocycles. The Morgan fingerprint density at radius 2 is 1.80 bits per heavy atom. The molecular formula is C30H28N2O3. The second kappa shape index (κ2) is 10.0. The van der Waals surface area contributed by atoms with E-state index in [1.165, 1.54) is 5.56 Å². The van der Waals surface area contributed by atoms with E-state index in [1.807, 2.05) is 36.4 Å². The molecule has 4 aromatic rings. The van der Waals surface area contributed by atoms with E-state index >= 15 is 0 Å². The number of amides is 1. The van der Waals surface area contributed by atoms with Gasteiger partial charge in [0.1, 0.15) is 18.1 Å². The summed E-state index contributed by atoms with van der Waals surface area (Å²) in [6, 6.07) is 25.2. The lowest BCUT2D eigenvalue weighted by Crippen LogP contribution is -2.18. The molecule has 0 spiro atoms. The number of carbonyl (C=O) groups excluding carboxylic acids is 1. The fourth-order valence-electron chi connectivity index (χ4n) is 4.35. The van der Waals surface area contributed by atoms with E-state index in [4.69, 9.17) is 4.74 Å². The van der Waals surface area contributed by atoms with Gasteiger partial charge >= 0.3 is 0 Å². The summed E-state index contributed by atoms with van der Waals surface area (Å²) < 4.78 is 6.12. The lowest BCUT2D eigenvalue weighted by atomic mass is 9.79. The minimum Gasteiger partial charge on any atom is -0.508 e. The quantitative estimate of drug-likeness (QED) is 0.243. The lowest BCUT2D eigenvalue weighted by molar-refractivity contribution is 0.0955. The topological polar surface area (TPSA) is 70.9 Å². The summed E-state index contributed by atoms with van der Waals surface area (Å²) in [5.41, 5.74) is 7.17. The Hall–Kier alpha value is -4.12. The maximum Gasteiger partial charge on any atom is 0.271 e. The zero-order chi connectivity index (χ0) is 24.2. The van der Waals surface area contributed by atoms with Crippen LogP contribution in [0.15, 0.2) is 84.0 Å². The van der Waals surface area contributed by atoms with Crippen LogP contribution in [0.25, 0.3) is 10.8 Å². The summed E-state index contributed by atoms with van der Waals surface area (Å²) in [7, 11) is 0. The van der Waals surface area contributed by atoms with Crippen molar-refractivity contribution in [3.8, 4) is 11.5 Å². The molecule has 0 radical (unpaired) electrons. The van der Waals surface area contributed by atoms with Crippen molar-refractivity contribution in [1.29, 1.82) is 0 Å². The second-order valence-corrected chi connectivity index (χ2v) is 9.07. The van der Waals surface area contributed by atoms with Crippen molar-refractivity contribution in [2.75, 3.05) is 0 Å². The highest BCUT2D eigenvalue weighted by molar-refractivity contribution is 6.03. The Labute approximate surface area is 205 Å². The Morgan fingerprint density at radius 1 is 1.03 bits per heavy atom. The molecule has 0 aliphatic heterocycles. The maximum absolute atomic E-state index is 12.7. The molecular weight excluding hydrogens is 436 g/mol. The largest absolute Gasteiger partial charge is 0.508 e. The van der Waals surface area contributed by atoms with Crippen LogP contribution in [0.1, 0.15) is 57.8 Å². The molecule has 1 aliphatic rings. The smallest absolute Gasteiger partial charge is 0.271 e. The third-order valence-electron chi connectivity index (χ3n) is 6.64. The zero-order valence-corrected chi connectivity index (χ0v) is 19.7. The number of phenols is 1. The molecule has 0 unspecified atom stereocenters. The number of phenolic OH excluding ortho intramolecular Hbond substituents is 1. The minimum atomic E-state index is -0.302. The maximum atomic E-state index is 12.7. The summed E-state index contributed by atoms with van der Waals surface area (Å²) >= 11 is 0. The number of hydrogen-bond donors (Lipinski definition) is 2. The van der Waals surface area contributed by atoms with Gasteiger partial charge in [-0.25, -0.2) is 5.43 Å². The highest BCUT2D eigenvalue weighted by atomic mass is 16.5. The van der Waals surface area contributed by atoms with Crippen molar-refractivity contribution in [1.82, 2.24) is 5.43 Å². The van der Waals surface area contributed by atoms with Gasteiger partial charge in [0.25, 0.3) is 5.91 Å². The highest BCUT2D eigenvalue weighted by Crippen LogP contribution is 2.40. The van der Waals surface area contributed by atoms with Crippen molar-refractivity contribution in [2.24, 2.45) is 5.10 Å². The van der Waals surface area contributed by atoms with Gasteiger partial charge in [-0.05, 0) is 72.5 Å². The minimum absolute atomic E-state index is 0.255. The van der Waals surface area contributed by atoms with E-state index in [1.54, 1.807) is 24.4 Å². The van der Waals surface area contributed by atoms with Crippen molar-refractivity contribution in [2.45, 2.75) is 38.7 Å². The fourth-order valence-corrected chi connectivity index (χ4v) is 4.35. The molecule has 5 nitrogen and oxygen atoms in total. The number of ether oxygens (including phenoxy) is 1. The first-order chi connectivity index (χ1) is 17.1. The molecule has 5 rings (SSSR count). The monoisotopic (exact) mass is 464 g/mol. The third kappa shape index (κ3) is 5.04. The summed E-state index contributed by atoms with van der Waals surface area (Å²) in [4.78, 5) is 12.7. The van der Waals surface area contributed by atoms with Gasteiger partial charge in [-0.1, -0.05) is 60.5 Å². The number of benzene rings is 4. The predicted molar refractivity (Wildman–Crippen MR) is 139 cm³/mol. The second-order valence-electron chi connectivity index (χ2n) is 9.07. The molecule has 4 aromatic carbocycles. The zero-order valence-electron chi connectivity index (χ0n) is 19.7. The number of nitrogens with zero attached hydrogens (tertiary/aromatic N) is 1. The first-order valence-corrected chi connectivity index (χ1v) is 11.9. The summed E-state index contributed by atoms with van der Waals surface area (Å²) in [5, 5.41) is 16.3. The van der Waals surface area contributed by atoms with E-state index in [-0.39, 0.29) is 11.7 Å². The van der Waals surface area contributed by atoms with Crippen LogP contribution in [0.2, 0.25) is 0 Å². The van der Waals surface area contributed by atoms with Crippen LogP contribution in [-0.4, -0.2) is 17.2 Å². The molecule has 1 saturated carbocycles. The summed E-state index contributed by atoms with van der Waals surface area (Å²) in [6.45, 7) is 2.56. The van der Waals surface area contributed by atoms with Gasteiger partial charge in [0.15, 0.2) is 0 Å². The normalized spacial score (nSPS) is 13.6. The van der Waals surface area contributed by atoms with Gasteiger partial charge in [-0.15, -0.1) is 0 Å². The van der Waals surface area contributed by atoms with Crippen molar-refractivity contribution in [3.63, 3.8) is 0 Å². The summed E-state index contributed by atoms with van der Waals surface area (Å²) in [6.07, 6.45) is 4.91. The van der Waals surface area contributed by atoms with Crippen LogP contribution in [0.5, 0.6) is 11.5 Å². The Balaban J connectivity index is 1.30. The number of carbonyl (C=O) groups is 1. The predicted octanol–water partition coefficient (Wildman–Crippen LogP) is 6.46. The summed E-state index contributed by atoms with van der Waals surface area (Å²) in [5.74, 6) is 1.09. The first kappa shape index (κ1) is 22.7. The van der Waals surface area contributed by atoms with E-state index < -0.39 is 0 Å². The van der Waals surface area contributed by atoms with Gasteiger partial charge in [-0.2, -0.15) is 5.10 Å².